The molecule has 4 aromatic rings. The van der Waals surface area contributed by atoms with E-state index < -0.39 is 0 Å². The van der Waals surface area contributed by atoms with E-state index in [0.717, 1.165) is 52.2 Å². The number of halogens is 2. The third-order valence-corrected chi connectivity index (χ3v) is 6.08. The lowest BCUT2D eigenvalue weighted by Gasteiger charge is -2.13. The summed E-state index contributed by atoms with van der Waals surface area (Å²) >= 11 is 4.95. The zero-order valence-corrected chi connectivity index (χ0v) is 19.0. The maximum Gasteiger partial charge on any atom is 0.147 e. The molecule has 154 valence electrons. The van der Waals surface area contributed by atoms with Crippen LogP contribution in [0.5, 0.6) is 5.75 Å². The molecule has 0 saturated heterocycles. The van der Waals surface area contributed by atoms with Crippen LogP contribution in [0, 0.1) is 12.7 Å². The van der Waals surface area contributed by atoms with Crippen molar-refractivity contribution in [1.29, 1.82) is 0 Å². The van der Waals surface area contributed by atoms with Crippen molar-refractivity contribution in [3.63, 3.8) is 0 Å². The van der Waals surface area contributed by atoms with E-state index >= 15 is 0 Å². The summed E-state index contributed by atoms with van der Waals surface area (Å²) in [6.45, 7) is 2.02. The Morgan fingerprint density at radius 3 is 2.77 bits per heavy atom. The largest absolute Gasteiger partial charge is 0.496 e. The van der Waals surface area contributed by atoms with Gasteiger partial charge in [-0.2, -0.15) is 0 Å². The van der Waals surface area contributed by atoms with Crippen molar-refractivity contribution >= 4 is 49.7 Å². The van der Waals surface area contributed by atoms with E-state index in [2.05, 4.69) is 41.6 Å². The molecule has 0 atom stereocenters. The van der Waals surface area contributed by atoms with Gasteiger partial charge >= 0.3 is 0 Å². The van der Waals surface area contributed by atoms with Gasteiger partial charge in [0.1, 0.15) is 23.7 Å². The van der Waals surface area contributed by atoms with Gasteiger partial charge in [0.15, 0.2) is 0 Å². The van der Waals surface area contributed by atoms with Crippen LogP contribution >= 0.6 is 27.3 Å². The molecule has 1 N–H and O–H groups in total. The van der Waals surface area contributed by atoms with Gasteiger partial charge in [0.25, 0.3) is 0 Å². The SMILES string of the molecule is COc1cc2c(Nc3ccc(Br)cc3F)ncnc2cc1CCCc1csc(C)n1. The first-order valence-corrected chi connectivity index (χ1v) is 11.2. The predicted octanol–water partition coefficient (Wildman–Crippen LogP) is 6.22. The Labute approximate surface area is 186 Å². The van der Waals surface area contributed by atoms with E-state index in [1.807, 2.05) is 19.1 Å². The molecular formula is C22H20BrFN4OS. The average Bonchev–Trinajstić information content (AvgIpc) is 3.14. The first kappa shape index (κ1) is 20.7. The molecule has 2 aromatic heterocycles. The predicted molar refractivity (Wildman–Crippen MR) is 122 cm³/mol. The standard InChI is InChI=1S/C22H20BrFN4OS/c1-13-27-16(11-30-13)5-3-4-14-8-20-17(10-21(14)29-2)22(26-12-25-20)28-19-7-6-15(23)9-18(19)24/h6-12H,3-5H2,1-2H3,(H,25,26,28). The van der Waals surface area contributed by atoms with Crippen molar-refractivity contribution in [3.05, 3.63) is 68.6 Å². The molecule has 0 spiro atoms. The molecule has 8 heteroatoms. The van der Waals surface area contributed by atoms with E-state index in [1.165, 1.54) is 12.4 Å². The third kappa shape index (κ3) is 4.60. The Balaban J connectivity index is 1.60. The van der Waals surface area contributed by atoms with Crippen LogP contribution in [0.1, 0.15) is 22.7 Å². The fraction of sp³-hybridized carbons (Fsp3) is 0.227. The van der Waals surface area contributed by atoms with Crippen molar-refractivity contribution in [1.82, 2.24) is 15.0 Å². The molecule has 0 aliphatic heterocycles. The molecule has 0 saturated carbocycles. The second-order valence-corrected chi connectivity index (χ2v) is 8.84. The van der Waals surface area contributed by atoms with Crippen LogP contribution in [0.15, 0.2) is 46.5 Å². The quantitative estimate of drug-likeness (QED) is 0.335. The molecule has 0 fully saturated rings. The van der Waals surface area contributed by atoms with Crippen LogP contribution in [0.4, 0.5) is 15.9 Å². The molecule has 0 amide bonds. The van der Waals surface area contributed by atoms with Gasteiger partial charge in [0.05, 0.1) is 29.0 Å². The summed E-state index contributed by atoms with van der Waals surface area (Å²) in [5.74, 6) is 0.937. The summed E-state index contributed by atoms with van der Waals surface area (Å²) in [6.07, 6.45) is 4.22. The van der Waals surface area contributed by atoms with E-state index in [9.17, 15) is 4.39 Å². The number of nitrogens with one attached hydrogen (secondary N) is 1. The number of nitrogens with zero attached hydrogens (tertiary/aromatic N) is 3. The number of aromatic nitrogens is 3. The number of benzene rings is 2. The lowest BCUT2D eigenvalue weighted by Crippen LogP contribution is -2.00. The van der Waals surface area contributed by atoms with E-state index in [-0.39, 0.29) is 5.82 Å². The minimum absolute atomic E-state index is 0.347. The van der Waals surface area contributed by atoms with Crippen molar-refractivity contribution in [2.24, 2.45) is 0 Å². The minimum atomic E-state index is -0.364. The summed E-state index contributed by atoms with van der Waals surface area (Å²) in [4.78, 5) is 13.2. The lowest BCUT2D eigenvalue weighted by molar-refractivity contribution is 0.409. The van der Waals surface area contributed by atoms with E-state index in [1.54, 1.807) is 30.6 Å². The van der Waals surface area contributed by atoms with Crippen LogP contribution in [0.25, 0.3) is 10.9 Å². The number of methoxy groups -OCH3 is 1. The average molecular weight is 487 g/mol. The van der Waals surface area contributed by atoms with Gasteiger partial charge in [0.2, 0.25) is 0 Å². The number of fused-ring (bicyclic) bond motifs is 1. The molecule has 0 radical (unpaired) electrons. The Kier molecular flexibility index (Phi) is 6.24. The van der Waals surface area contributed by atoms with Gasteiger partial charge in [-0.25, -0.2) is 19.3 Å². The number of rotatable bonds is 7. The highest BCUT2D eigenvalue weighted by molar-refractivity contribution is 9.10. The van der Waals surface area contributed by atoms with Crippen molar-refractivity contribution in [3.8, 4) is 5.75 Å². The van der Waals surface area contributed by atoms with Crippen LogP contribution in [-0.4, -0.2) is 22.1 Å². The Morgan fingerprint density at radius 1 is 1.17 bits per heavy atom. The summed E-state index contributed by atoms with van der Waals surface area (Å²) in [5.41, 5.74) is 3.34. The normalized spacial score (nSPS) is 11.1. The Morgan fingerprint density at radius 2 is 2.03 bits per heavy atom. The molecule has 30 heavy (non-hydrogen) atoms. The highest BCUT2D eigenvalue weighted by atomic mass is 79.9. The number of hydrogen-bond acceptors (Lipinski definition) is 6. The number of anilines is 2. The molecular weight excluding hydrogens is 467 g/mol. The zero-order valence-electron chi connectivity index (χ0n) is 16.6. The van der Waals surface area contributed by atoms with Gasteiger partial charge < -0.3 is 10.1 Å². The van der Waals surface area contributed by atoms with E-state index in [0.29, 0.717) is 16.0 Å². The van der Waals surface area contributed by atoms with Gasteiger partial charge in [-0.15, -0.1) is 11.3 Å². The fourth-order valence-electron chi connectivity index (χ4n) is 3.31. The van der Waals surface area contributed by atoms with Gasteiger partial charge in [-0.1, -0.05) is 15.9 Å². The number of hydrogen-bond donors (Lipinski definition) is 1. The molecule has 4 rings (SSSR count). The minimum Gasteiger partial charge on any atom is -0.496 e. The van der Waals surface area contributed by atoms with Crippen LogP contribution in [-0.2, 0) is 12.8 Å². The summed E-state index contributed by atoms with van der Waals surface area (Å²) in [5, 5.41) is 7.04. The van der Waals surface area contributed by atoms with Crippen molar-refractivity contribution in [2.75, 3.05) is 12.4 Å². The zero-order chi connectivity index (χ0) is 21.1. The molecule has 0 unspecified atom stereocenters. The molecule has 2 aromatic carbocycles. The Hall–Kier alpha value is -2.58. The maximum absolute atomic E-state index is 14.3. The summed E-state index contributed by atoms with van der Waals surface area (Å²) < 4.78 is 20.6. The number of thiazole rings is 1. The van der Waals surface area contributed by atoms with Crippen molar-refractivity contribution < 1.29 is 9.13 Å². The molecule has 0 aliphatic rings. The van der Waals surface area contributed by atoms with Gasteiger partial charge in [-0.3, -0.25) is 0 Å². The topological polar surface area (TPSA) is 59.9 Å². The lowest BCUT2D eigenvalue weighted by atomic mass is 10.0. The second-order valence-electron chi connectivity index (χ2n) is 6.86. The third-order valence-electron chi connectivity index (χ3n) is 4.77. The summed E-state index contributed by atoms with van der Waals surface area (Å²) in [7, 11) is 1.65. The number of aryl methyl sites for hydroxylation is 3. The molecule has 5 nitrogen and oxygen atoms in total. The van der Waals surface area contributed by atoms with E-state index in [4.69, 9.17) is 4.74 Å². The second kappa shape index (κ2) is 9.06. The first-order valence-electron chi connectivity index (χ1n) is 9.48. The fourth-order valence-corrected chi connectivity index (χ4v) is 4.29. The summed E-state index contributed by atoms with van der Waals surface area (Å²) in [6, 6.07) is 8.78. The highest BCUT2D eigenvalue weighted by Crippen LogP contribution is 2.32. The Bertz CT molecular complexity index is 1200. The number of ether oxygens (including phenoxy) is 1. The monoisotopic (exact) mass is 486 g/mol. The van der Waals surface area contributed by atoms with Gasteiger partial charge in [-0.05, 0) is 62.1 Å². The molecule has 2 heterocycles. The smallest absolute Gasteiger partial charge is 0.147 e. The van der Waals surface area contributed by atoms with Gasteiger partial charge in [0, 0.05) is 15.2 Å². The van der Waals surface area contributed by atoms with Crippen molar-refractivity contribution in [2.45, 2.75) is 26.2 Å². The van der Waals surface area contributed by atoms with Crippen LogP contribution in [0.3, 0.4) is 0 Å². The molecule has 0 bridgehead atoms. The maximum atomic E-state index is 14.3. The first-order chi connectivity index (χ1) is 14.5. The van der Waals surface area contributed by atoms with Crippen LogP contribution in [0.2, 0.25) is 0 Å². The highest BCUT2D eigenvalue weighted by Gasteiger charge is 2.12. The molecule has 0 aliphatic carbocycles. The van der Waals surface area contributed by atoms with Crippen LogP contribution < -0.4 is 10.1 Å².